The van der Waals surface area contributed by atoms with Gasteiger partial charge in [0.25, 0.3) is 0 Å². The lowest BCUT2D eigenvalue weighted by molar-refractivity contribution is -0.138. The Labute approximate surface area is 189 Å². The smallest absolute Gasteiger partial charge is 0.335 e. The monoisotopic (exact) mass is 464 g/mol. The van der Waals surface area contributed by atoms with Crippen LogP contribution in [-0.2, 0) is 27.1 Å². The number of nitrogens with one attached hydrogen (secondary N) is 1. The van der Waals surface area contributed by atoms with Crippen molar-refractivity contribution in [3.05, 3.63) is 64.7 Å². The molecule has 32 heavy (non-hydrogen) atoms. The van der Waals surface area contributed by atoms with E-state index in [0.29, 0.717) is 23.3 Å². The predicted molar refractivity (Wildman–Crippen MR) is 121 cm³/mol. The number of hydrogen-bond donors (Lipinski definition) is 4. The van der Waals surface area contributed by atoms with Gasteiger partial charge in [-0.15, -0.1) is 0 Å². The van der Waals surface area contributed by atoms with Crippen molar-refractivity contribution in [2.24, 2.45) is 5.73 Å². The van der Waals surface area contributed by atoms with Gasteiger partial charge in [-0.05, 0) is 36.2 Å². The van der Waals surface area contributed by atoms with Crippen molar-refractivity contribution in [3.8, 4) is 0 Å². The maximum absolute atomic E-state index is 12.2. The molecule has 0 bridgehead atoms. The van der Waals surface area contributed by atoms with Crippen LogP contribution in [0.25, 0.3) is 0 Å². The van der Waals surface area contributed by atoms with Crippen LogP contribution in [-0.4, -0.2) is 45.0 Å². The summed E-state index contributed by atoms with van der Waals surface area (Å²) in [5.74, 6) is -2.11. The Morgan fingerprint density at radius 3 is 2.25 bits per heavy atom. The molecule has 0 aliphatic rings. The molecule has 0 amide bonds. The van der Waals surface area contributed by atoms with Crippen LogP contribution in [0, 0.1) is 6.92 Å². The fourth-order valence-electron chi connectivity index (χ4n) is 2.21. The molecule has 0 spiro atoms. The van der Waals surface area contributed by atoms with Crippen molar-refractivity contribution in [2.45, 2.75) is 44.7 Å². The summed E-state index contributed by atoms with van der Waals surface area (Å²) in [6.45, 7) is 6.18. The normalized spacial score (nSPS) is 11.5. The fourth-order valence-corrected chi connectivity index (χ4v) is 3.11. The standard InChI is InChI=1S/C16H15NO4S.C4H7NO3.C2H6/c1-11-7-12(5-6-14(11)10-18)9-17-22(21)15-4-2-3-13(8-15)16(19)20;5-3(2-6)1-4(7)8;1-2/h2-8,10,17H,9H2,1H3,(H,19,20);2-3H,1,5H2,(H,7,8);1-2H3. The molecular formula is C22H28N2O7S. The largest absolute Gasteiger partial charge is 0.481 e. The highest BCUT2D eigenvalue weighted by atomic mass is 32.2. The maximum atomic E-state index is 12.2. The fraction of sp³-hybridized carbons (Fsp3) is 0.273. The molecule has 0 saturated heterocycles. The second-order valence-electron chi connectivity index (χ2n) is 6.13. The summed E-state index contributed by atoms with van der Waals surface area (Å²) in [6.07, 6.45) is 0.916. The van der Waals surface area contributed by atoms with Crippen molar-refractivity contribution < 1.29 is 33.6 Å². The summed E-state index contributed by atoms with van der Waals surface area (Å²) < 4.78 is 15.0. The Morgan fingerprint density at radius 2 is 1.78 bits per heavy atom. The number of carbonyl (C=O) groups is 4. The molecule has 0 saturated carbocycles. The Balaban J connectivity index is 0.000000814. The maximum Gasteiger partial charge on any atom is 0.335 e. The van der Waals surface area contributed by atoms with Gasteiger partial charge in [0.05, 0.1) is 22.9 Å². The van der Waals surface area contributed by atoms with E-state index < -0.39 is 29.0 Å². The molecular weight excluding hydrogens is 436 g/mol. The van der Waals surface area contributed by atoms with Gasteiger partial charge in [-0.25, -0.2) is 13.7 Å². The Bertz CT molecular complexity index is 948. The SMILES string of the molecule is CC.Cc1cc(CNS(=O)c2cccc(C(=O)O)c2)ccc1C=O.NC(C=O)CC(=O)O. The van der Waals surface area contributed by atoms with E-state index in [1.165, 1.54) is 12.1 Å². The van der Waals surface area contributed by atoms with Crippen molar-refractivity contribution in [1.82, 2.24) is 4.72 Å². The van der Waals surface area contributed by atoms with Gasteiger partial charge >= 0.3 is 11.9 Å². The molecule has 0 radical (unpaired) electrons. The third kappa shape index (κ3) is 10.7. The first-order valence-corrected chi connectivity index (χ1v) is 10.8. The zero-order valence-electron chi connectivity index (χ0n) is 18.1. The van der Waals surface area contributed by atoms with E-state index in [1.54, 1.807) is 24.3 Å². The minimum atomic E-state index is -1.51. The number of carbonyl (C=O) groups excluding carboxylic acids is 2. The minimum absolute atomic E-state index is 0.0961. The minimum Gasteiger partial charge on any atom is -0.481 e. The molecule has 2 unspecified atom stereocenters. The number of aldehydes is 2. The molecule has 0 heterocycles. The predicted octanol–water partition coefficient (Wildman–Crippen LogP) is 2.33. The zero-order chi connectivity index (χ0) is 24.7. The second-order valence-corrected chi connectivity index (χ2v) is 7.43. The molecule has 174 valence electrons. The van der Waals surface area contributed by atoms with Crippen LogP contribution >= 0.6 is 0 Å². The van der Waals surface area contributed by atoms with Crippen molar-refractivity contribution in [1.29, 1.82) is 0 Å². The van der Waals surface area contributed by atoms with E-state index in [1.807, 2.05) is 26.8 Å². The van der Waals surface area contributed by atoms with Crippen LogP contribution in [0.5, 0.6) is 0 Å². The van der Waals surface area contributed by atoms with Crippen LogP contribution in [0.3, 0.4) is 0 Å². The van der Waals surface area contributed by atoms with E-state index in [4.69, 9.17) is 15.9 Å². The highest BCUT2D eigenvalue weighted by Crippen LogP contribution is 2.12. The molecule has 9 nitrogen and oxygen atoms in total. The van der Waals surface area contributed by atoms with E-state index in [2.05, 4.69) is 4.72 Å². The van der Waals surface area contributed by atoms with Crippen molar-refractivity contribution >= 4 is 35.5 Å². The number of nitrogens with two attached hydrogens (primary N) is 1. The Hall–Kier alpha value is -3.21. The third-order valence-electron chi connectivity index (χ3n) is 3.75. The molecule has 2 atom stereocenters. The summed E-state index contributed by atoms with van der Waals surface area (Å²) >= 11 is 0. The number of aryl methyl sites for hydroxylation is 1. The highest BCUT2D eigenvalue weighted by Gasteiger charge is 2.08. The molecule has 0 aromatic heterocycles. The van der Waals surface area contributed by atoms with Gasteiger partial charge in [-0.1, -0.05) is 38.1 Å². The average molecular weight is 465 g/mol. The first kappa shape index (κ1) is 28.8. The van der Waals surface area contributed by atoms with Gasteiger partial charge in [0.15, 0.2) is 0 Å². The molecule has 2 rings (SSSR count). The second kappa shape index (κ2) is 15.6. The van der Waals surface area contributed by atoms with Crippen molar-refractivity contribution in [3.63, 3.8) is 0 Å². The summed E-state index contributed by atoms with van der Waals surface area (Å²) in [5, 5.41) is 16.9. The lowest BCUT2D eigenvalue weighted by Crippen LogP contribution is -2.24. The van der Waals surface area contributed by atoms with Crippen LogP contribution in [0.15, 0.2) is 47.4 Å². The van der Waals surface area contributed by atoms with Gasteiger partial charge in [-0.3, -0.25) is 9.59 Å². The van der Waals surface area contributed by atoms with Gasteiger partial charge in [0.2, 0.25) is 0 Å². The molecule has 0 fully saturated rings. The van der Waals surface area contributed by atoms with Gasteiger partial charge in [-0.2, -0.15) is 0 Å². The van der Waals surface area contributed by atoms with E-state index in [0.717, 1.165) is 17.4 Å². The molecule has 5 N–H and O–H groups in total. The van der Waals surface area contributed by atoms with Gasteiger partial charge in [0.1, 0.15) is 23.6 Å². The summed E-state index contributed by atoms with van der Waals surface area (Å²) in [6, 6.07) is 10.5. The number of rotatable bonds is 9. The molecule has 2 aromatic rings. The molecule has 2 aromatic carbocycles. The van der Waals surface area contributed by atoms with Crippen LogP contribution < -0.4 is 10.5 Å². The number of aliphatic carboxylic acids is 1. The number of hydrogen-bond acceptors (Lipinski definition) is 6. The first-order chi connectivity index (χ1) is 15.2. The van der Waals surface area contributed by atoms with E-state index in [-0.39, 0.29) is 12.0 Å². The number of aromatic carboxylic acids is 1. The third-order valence-corrected chi connectivity index (χ3v) is 4.84. The molecule has 0 aliphatic carbocycles. The van der Waals surface area contributed by atoms with Crippen LogP contribution in [0.2, 0.25) is 0 Å². The Kier molecular flexibility index (Phi) is 14.0. The first-order valence-electron chi connectivity index (χ1n) is 9.64. The average Bonchev–Trinajstić information content (AvgIpc) is 2.78. The molecule has 10 heteroatoms. The lowest BCUT2D eigenvalue weighted by Gasteiger charge is -2.07. The van der Waals surface area contributed by atoms with Gasteiger partial charge < -0.3 is 20.7 Å². The van der Waals surface area contributed by atoms with Gasteiger partial charge in [0, 0.05) is 12.1 Å². The van der Waals surface area contributed by atoms with Crippen LogP contribution in [0.4, 0.5) is 0 Å². The summed E-state index contributed by atoms with van der Waals surface area (Å²) in [7, 11) is -1.51. The topological polar surface area (TPSA) is 164 Å². The highest BCUT2D eigenvalue weighted by molar-refractivity contribution is 7.83. The lowest BCUT2D eigenvalue weighted by atomic mass is 10.1. The summed E-state index contributed by atoms with van der Waals surface area (Å²) in [4.78, 5) is 41.5. The summed E-state index contributed by atoms with van der Waals surface area (Å²) in [5.41, 5.74) is 7.39. The van der Waals surface area contributed by atoms with Crippen molar-refractivity contribution in [2.75, 3.05) is 0 Å². The zero-order valence-corrected chi connectivity index (χ0v) is 18.9. The number of carboxylic acids is 2. The quantitative estimate of drug-likeness (QED) is 0.411. The number of carboxylic acid groups (broad SMARTS) is 2. The van der Waals surface area contributed by atoms with Crippen LogP contribution in [0.1, 0.15) is 52.1 Å². The van der Waals surface area contributed by atoms with E-state index in [9.17, 15) is 23.4 Å². The number of benzene rings is 2. The Morgan fingerprint density at radius 1 is 1.12 bits per heavy atom. The molecule has 0 aliphatic heterocycles. The van der Waals surface area contributed by atoms with E-state index >= 15 is 0 Å².